The van der Waals surface area contributed by atoms with E-state index in [1.165, 1.54) is 14.2 Å². The number of ketones is 1. The number of aliphatic carboxylic acids is 1. The summed E-state index contributed by atoms with van der Waals surface area (Å²) in [6, 6.07) is -6.00. The van der Waals surface area contributed by atoms with Crippen LogP contribution in [-0.4, -0.2) is 339 Å². The lowest BCUT2D eigenvalue weighted by Crippen LogP contribution is -2.55. The maximum absolute atomic E-state index is 11.5. The fraction of sp³-hybridized carbons (Fsp3) is 0.842. The van der Waals surface area contributed by atoms with Crippen LogP contribution < -0.4 is 54.8 Å². The summed E-state index contributed by atoms with van der Waals surface area (Å²) in [5.74, 6) is -1.70. The Morgan fingerprint density at radius 2 is 0.760 bits per heavy atom. The van der Waals surface area contributed by atoms with Crippen LogP contribution in [0.5, 0.6) is 0 Å². The lowest BCUT2D eigenvalue weighted by molar-refractivity contribution is -0.143. The number of nitrogens with one attached hydrogen (secondary N) is 6. The van der Waals surface area contributed by atoms with Crippen molar-refractivity contribution in [3.8, 4) is 0 Å². The molecule has 10 atom stereocenters. The second-order valence-corrected chi connectivity index (χ2v) is 49.1. The molecule has 2 unspecified atom stereocenters. The first-order chi connectivity index (χ1) is 58.9. The number of alkyl halides is 2. The number of ether oxygens (including phenoxy) is 9. The van der Waals surface area contributed by atoms with Crippen LogP contribution in [0.25, 0.3) is 0 Å². The molecule has 16 N–H and O–H groups in total. The van der Waals surface area contributed by atoms with E-state index in [4.69, 9.17) is 86.2 Å². The van der Waals surface area contributed by atoms with Gasteiger partial charge in [0.2, 0.25) is 0 Å². The SMILES string of the molecule is CC(C)(C)OC(=O)NC1CCS(=O)(=O)C/C1=N\O.CC(C)(C)OC(=O)NC1CCS(=O)(=O)CC1=O.CC(C)(C)OC(=O)N[C@H]1CCS(=O)(=O)C[C@@H]1N.CC(C)(C)OC(=O)N[C@H]1CCS(=O)(=O)C[C@H]1N.COC(=O)[C@@H](N)CCSC.COC(=O)[C@H](CCS(C)(=O)=O)NC(=O)OC(C)(C)C.COC(=O)[C@H](CCSC)NC(=O)OC(C)(C)C.CSCC[C@H](N)C(=O)O.ClCCl.[2H]CC. The number of oxime groups is 1. The number of hydrogen-bond acceptors (Lipinski definition) is 39. The van der Waals surface area contributed by atoms with Gasteiger partial charge in [0.25, 0.3) is 0 Å². The van der Waals surface area contributed by atoms with Gasteiger partial charge in [-0.05, 0) is 212 Å². The first-order valence-corrected chi connectivity index (χ1v) is 54.5. The monoisotopic (exact) mass is 2050 g/mol. The van der Waals surface area contributed by atoms with E-state index in [1.807, 2.05) is 18.8 Å². The van der Waals surface area contributed by atoms with Gasteiger partial charge in [0.05, 0.1) is 90.5 Å². The number of Topliss-reactive ketones (excluding diaryl/α,β-unsaturated/α-hetero) is 1. The standard InChI is InChI=1S/C11H21NO6S.C11H21NO4S.C10H18N2O5S.2C10H20N2O4S.C10H17NO5S.C6H13NO2S.C5H11NO2S.C2H6.CH2Cl2/c1-11(2,3)18-10(14)12-8(9(13)17-4)6-7-19(5,15)16;1-11(2,3)16-10(14)12-8(6-7-17-5)9(13)15-4;1-10(2,3)17-9(13)11-7-4-5-18(15,16)6-8(7)12-14;2*1-10(2,3)16-9(13)12-8-4-5-17(14,15)6-7(8)11;1-10(2,3)16-9(13)11-7-4-5-17(14,15)6-8(7)12;1-9-6(8)5(7)3-4-10-2;1-9-3-2-4(6)5(7)8;1-2;2-1-3/h8H,6-7H2,1-5H3,(H,12,14);8H,6-7H2,1-5H3,(H,12,14);7,14H,4-6H2,1-3H3,(H,11,13);2*7-8H,4-6,11H2,1-3H3,(H,12,13);7H,4-6H2,1-3H3,(H,11,13);5H,3-4,7H2,1-2H3;4H,2-3,6H2,1H3,(H,7,8);1-2H3;1H2/b;;12-8+;;;;;;;/t2*8-;;7-,8+;7-,8-;;5-;4-;;/m00.10.00../s1/i;;;;;;;;1D;. The number of hydrogen-bond donors (Lipinski definition) is 12. The molecule has 6 amide bonds. The predicted octanol–water partition coefficient (Wildman–Crippen LogP) is 5.98. The highest BCUT2D eigenvalue weighted by atomic mass is 35.5. The van der Waals surface area contributed by atoms with Gasteiger partial charge in [-0.1, -0.05) is 19.0 Å². The third kappa shape index (κ3) is 78.0. The van der Waals surface area contributed by atoms with Crippen LogP contribution in [0.3, 0.4) is 0 Å². The third-order valence-electron chi connectivity index (χ3n) is 15.1. The highest BCUT2D eigenvalue weighted by Crippen LogP contribution is 2.19. The van der Waals surface area contributed by atoms with Crippen molar-refractivity contribution < 1.29 is 149 Å². The Morgan fingerprint density at radius 3 is 1.05 bits per heavy atom. The van der Waals surface area contributed by atoms with Gasteiger partial charge in [0, 0.05) is 31.8 Å². The zero-order chi connectivity index (χ0) is 103. The van der Waals surface area contributed by atoms with Crippen LogP contribution in [0.2, 0.25) is 0 Å². The van der Waals surface area contributed by atoms with E-state index in [9.17, 15) is 94.8 Å². The van der Waals surface area contributed by atoms with Crippen LogP contribution in [0.15, 0.2) is 5.16 Å². The molecule has 53 heteroatoms. The van der Waals surface area contributed by atoms with Crippen molar-refractivity contribution in [2.75, 3.05) is 121 Å². The minimum atomic E-state index is -3.28. The molecule has 4 fully saturated rings. The highest BCUT2D eigenvalue weighted by Gasteiger charge is 2.38. The maximum atomic E-state index is 11.5. The lowest BCUT2D eigenvalue weighted by Gasteiger charge is -2.30. The zero-order valence-corrected chi connectivity index (χ0v) is 87.3. The molecule has 0 aliphatic carbocycles. The fourth-order valence-corrected chi connectivity index (χ4v) is 17.6. The van der Waals surface area contributed by atoms with E-state index >= 15 is 0 Å². The van der Waals surface area contributed by atoms with E-state index in [2.05, 4.69) is 51.3 Å². The van der Waals surface area contributed by atoms with Crippen LogP contribution in [-0.2, 0) is 116 Å². The molecule has 129 heavy (non-hydrogen) atoms. The van der Waals surface area contributed by atoms with Crippen LogP contribution >= 0.6 is 58.5 Å². The Morgan fingerprint density at radius 1 is 0.481 bits per heavy atom. The van der Waals surface area contributed by atoms with E-state index in [0.29, 0.717) is 39.0 Å². The van der Waals surface area contributed by atoms with Crippen LogP contribution in [0.4, 0.5) is 28.8 Å². The van der Waals surface area contributed by atoms with Crippen molar-refractivity contribution in [3.05, 3.63) is 0 Å². The Labute approximate surface area is 788 Å². The molecule has 0 aromatic rings. The molecular weight excluding hydrogens is 1910 g/mol. The molecule has 0 saturated carbocycles. The van der Waals surface area contributed by atoms with E-state index in [1.54, 1.807) is 167 Å². The van der Waals surface area contributed by atoms with Gasteiger partial charge in [0.1, 0.15) is 73.4 Å². The van der Waals surface area contributed by atoms with Crippen molar-refractivity contribution in [2.24, 2.45) is 28.1 Å². The molecule has 4 heterocycles. The number of rotatable bonds is 22. The van der Waals surface area contributed by atoms with Gasteiger partial charge in [0.15, 0.2) is 45.1 Å². The van der Waals surface area contributed by atoms with Crippen LogP contribution in [0, 0.1) is 0 Å². The number of nitrogens with two attached hydrogens (primary N) is 4. The van der Waals surface area contributed by atoms with Gasteiger partial charge < -0.3 is 108 Å². The van der Waals surface area contributed by atoms with E-state index in [-0.39, 0.29) is 94.4 Å². The Hall–Kier alpha value is -6.14. The van der Waals surface area contributed by atoms with Gasteiger partial charge in [-0.15, -0.1) is 23.2 Å². The summed E-state index contributed by atoms with van der Waals surface area (Å²) in [6.45, 7) is 33.5. The molecule has 43 nitrogen and oxygen atoms in total. The topological polar surface area (TPSA) is 671 Å². The number of carbonyl (C=O) groups excluding carboxylic acids is 10. The molecule has 0 radical (unpaired) electrons. The molecule has 4 rings (SSSR count). The summed E-state index contributed by atoms with van der Waals surface area (Å²) in [4.78, 5) is 124. The number of halogens is 2. The van der Waals surface area contributed by atoms with Gasteiger partial charge in [-0.3, -0.25) is 14.4 Å². The largest absolute Gasteiger partial charge is 0.480 e. The first-order valence-electron chi connectivity index (χ1n) is 40.6. The zero-order valence-electron chi connectivity index (χ0n) is 80.3. The number of amides is 6. The number of carbonyl (C=O) groups is 11. The Balaban J connectivity index is -0.000000337. The normalized spacial score (nSPS) is 20.1. The summed E-state index contributed by atoms with van der Waals surface area (Å²) in [5, 5.41) is 35.1. The van der Waals surface area contributed by atoms with Gasteiger partial charge in [-0.2, -0.15) is 35.3 Å². The number of thioether (sulfide) groups is 3. The average Bonchev–Trinajstić information content (AvgIpc) is 0.697. The third-order valence-corrected chi connectivity index (χ3v) is 24.7. The average molecular weight is 2060 g/mol. The summed E-state index contributed by atoms with van der Waals surface area (Å²) in [7, 11) is -12.0. The van der Waals surface area contributed by atoms with Crippen LogP contribution in [0.1, 0.15) is 191 Å². The number of alkyl carbamates (subject to hydrolysis) is 6. The van der Waals surface area contributed by atoms with Gasteiger partial charge in [-0.25, -0.2) is 80.4 Å². The molecule has 4 aliphatic heterocycles. The summed E-state index contributed by atoms with van der Waals surface area (Å²) >= 11 is 14.4. The predicted molar refractivity (Wildman–Crippen MR) is 503 cm³/mol. The maximum Gasteiger partial charge on any atom is 0.408 e. The molecular formula is C76H149Cl2N11O32S8. The second-order valence-electron chi connectivity index (χ2n) is 34.2. The molecule has 4 aliphatic rings. The number of esters is 3. The van der Waals surface area contributed by atoms with Crippen molar-refractivity contribution in [1.29, 1.82) is 0 Å². The number of methoxy groups -OCH3 is 3. The minimum Gasteiger partial charge on any atom is -0.480 e. The Bertz CT molecular complexity index is 3980. The fourth-order valence-electron chi connectivity index (χ4n) is 9.45. The molecule has 4 saturated heterocycles. The highest BCUT2D eigenvalue weighted by molar-refractivity contribution is 7.99. The Kier molecular flexibility index (Phi) is 65.9. The van der Waals surface area contributed by atoms with E-state index < -0.39 is 197 Å². The molecule has 0 bridgehead atoms. The quantitative estimate of drug-likeness (QED) is 0.0195. The second kappa shape index (κ2) is 64.7. The lowest BCUT2D eigenvalue weighted by atomic mass is 10.1. The van der Waals surface area contributed by atoms with Crippen molar-refractivity contribution in [3.63, 3.8) is 0 Å². The molecule has 0 aromatic heterocycles. The minimum absolute atomic E-state index is 0.0344. The number of sulfone groups is 5. The number of carboxylic acids is 1. The van der Waals surface area contributed by atoms with E-state index in [0.717, 1.165) is 30.6 Å². The first kappa shape index (κ1) is 131. The smallest absolute Gasteiger partial charge is 0.408 e. The van der Waals surface area contributed by atoms with Crippen molar-refractivity contribution in [1.82, 2.24) is 31.9 Å². The van der Waals surface area contributed by atoms with Crippen molar-refractivity contribution in [2.45, 2.75) is 284 Å². The van der Waals surface area contributed by atoms with Gasteiger partial charge >= 0.3 is 60.4 Å². The van der Waals surface area contributed by atoms with Crippen molar-refractivity contribution >= 4 is 180 Å². The molecule has 0 aromatic carbocycles. The number of nitrogens with zero attached hydrogens (tertiary/aromatic N) is 1. The summed E-state index contributed by atoms with van der Waals surface area (Å²) in [5.41, 5.74) is 18.4. The summed E-state index contributed by atoms with van der Waals surface area (Å²) < 4.78 is 162. The molecule has 0 spiro atoms. The summed E-state index contributed by atoms with van der Waals surface area (Å²) in [6.07, 6.45) is 5.67. The molecule has 762 valence electrons. The number of carboxylic acid groups (broad SMARTS) is 1.